The van der Waals surface area contributed by atoms with Gasteiger partial charge in [0, 0.05) is 13.1 Å². The second-order valence-corrected chi connectivity index (χ2v) is 6.32. The zero-order valence-corrected chi connectivity index (χ0v) is 11.6. The van der Waals surface area contributed by atoms with E-state index in [0.29, 0.717) is 23.0 Å². The lowest BCUT2D eigenvalue weighted by molar-refractivity contribution is -0.117. The van der Waals surface area contributed by atoms with Crippen molar-refractivity contribution in [3.05, 3.63) is 29.6 Å². The van der Waals surface area contributed by atoms with Gasteiger partial charge >= 0.3 is 10.2 Å². The number of carbonyl (C=O) groups is 1. The van der Waals surface area contributed by atoms with Gasteiger partial charge in [0.05, 0.1) is 0 Å². The molecule has 1 amide bonds. The maximum atomic E-state index is 14.2. The summed E-state index contributed by atoms with van der Waals surface area (Å²) >= 11 is 0. The lowest BCUT2D eigenvalue weighted by Gasteiger charge is -2.18. The van der Waals surface area contributed by atoms with Gasteiger partial charge in [-0.05, 0) is 23.3 Å². The van der Waals surface area contributed by atoms with E-state index >= 15 is 0 Å². The minimum absolute atomic E-state index is 0.467. The molecule has 0 spiro atoms. The Kier molecular flexibility index (Phi) is 3.10. The Morgan fingerprint density at radius 3 is 2.62 bits per heavy atom. The molecule has 0 bridgehead atoms. The molecule has 0 unspecified atom stereocenters. The highest BCUT2D eigenvalue weighted by atomic mass is 32.2. The van der Waals surface area contributed by atoms with Gasteiger partial charge in [0.1, 0.15) is 18.0 Å². The first kappa shape index (κ1) is 13.8. The van der Waals surface area contributed by atoms with Crippen molar-refractivity contribution in [2.24, 2.45) is 0 Å². The smallest absolute Gasteiger partial charge is 0.326 e. The molecule has 0 aliphatic carbocycles. The number of phenols is 1. The van der Waals surface area contributed by atoms with Crippen molar-refractivity contribution in [1.82, 2.24) is 10.0 Å². The zero-order valence-electron chi connectivity index (χ0n) is 10.8. The fraction of sp³-hybridized carbons (Fsp3) is 0.250. The molecule has 1 aromatic carbocycles. The Morgan fingerprint density at radius 2 is 2.10 bits per heavy atom. The van der Waals surface area contributed by atoms with Crippen LogP contribution in [0.5, 0.6) is 5.75 Å². The van der Waals surface area contributed by atoms with Crippen LogP contribution in [0.3, 0.4) is 0 Å². The molecule has 9 heteroatoms. The Morgan fingerprint density at radius 1 is 1.33 bits per heavy atom. The summed E-state index contributed by atoms with van der Waals surface area (Å²) in [5.74, 6) is -2.21. The summed E-state index contributed by atoms with van der Waals surface area (Å²) in [5, 5.41) is 13.0. The monoisotopic (exact) mass is 313 g/mol. The van der Waals surface area contributed by atoms with E-state index in [-0.39, 0.29) is 0 Å². The van der Waals surface area contributed by atoms with Gasteiger partial charge in [0.2, 0.25) is 0 Å². The second-order valence-electron chi connectivity index (χ2n) is 4.72. The molecular weight excluding hydrogens is 301 g/mol. The molecule has 7 nitrogen and oxygen atoms in total. The molecule has 2 heterocycles. The van der Waals surface area contributed by atoms with E-state index in [0.717, 1.165) is 11.6 Å². The van der Waals surface area contributed by atoms with Gasteiger partial charge in [0.15, 0.2) is 5.82 Å². The summed E-state index contributed by atoms with van der Waals surface area (Å²) in [4.78, 5) is 11.2. The van der Waals surface area contributed by atoms with E-state index in [1.165, 1.54) is 6.07 Å². The minimum atomic E-state index is -4.16. The van der Waals surface area contributed by atoms with Crippen LogP contribution < -0.4 is 14.3 Å². The van der Waals surface area contributed by atoms with Crippen LogP contribution in [-0.4, -0.2) is 39.1 Å². The van der Waals surface area contributed by atoms with Gasteiger partial charge < -0.3 is 10.4 Å². The largest absolute Gasteiger partial charge is 0.506 e. The van der Waals surface area contributed by atoms with Crippen LogP contribution in [0.2, 0.25) is 0 Å². The number of anilines is 1. The Balaban J connectivity index is 2.06. The first-order valence-electron chi connectivity index (χ1n) is 6.14. The third kappa shape index (κ3) is 2.34. The van der Waals surface area contributed by atoms with E-state index < -0.39 is 39.9 Å². The molecule has 2 aliphatic heterocycles. The number of hydrogen-bond acceptors (Lipinski definition) is 5. The first-order chi connectivity index (χ1) is 9.88. The van der Waals surface area contributed by atoms with E-state index in [2.05, 4.69) is 5.32 Å². The van der Waals surface area contributed by atoms with Crippen molar-refractivity contribution >= 4 is 27.4 Å². The molecule has 112 valence electrons. The van der Waals surface area contributed by atoms with Crippen molar-refractivity contribution in [1.29, 1.82) is 0 Å². The fourth-order valence-electron chi connectivity index (χ4n) is 2.36. The third-order valence-corrected chi connectivity index (χ3v) is 4.67. The summed E-state index contributed by atoms with van der Waals surface area (Å²) in [6.45, 7) is 0.634. The van der Waals surface area contributed by atoms with E-state index in [4.69, 9.17) is 0 Å². The molecule has 2 aliphatic rings. The predicted octanol–water partition coefficient (Wildman–Crippen LogP) is -0.301. The highest BCUT2D eigenvalue weighted by Gasteiger charge is 2.37. The molecule has 0 radical (unpaired) electrons. The average Bonchev–Trinajstić information content (AvgIpc) is 2.97. The summed E-state index contributed by atoms with van der Waals surface area (Å²) in [6, 6.07) is 2.43. The minimum Gasteiger partial charge on any atom is -0.506 e. The number of phenolic OH excluding ortho intramolecular Hbond substituents is 1. The number of aromatic hydroxyl groups is 1. The number of halogens is 1. The standard InChI is InChI=1S/C12H12FN3O4S/c13-9-3-8(7-1-2-14-5-7)4-10(17)12(9)16-6-11(18)15-21(16,19)20/h1,3-4,14,17H,2,5-6H2,(H,15,18). The number of nitrogens with one attached hydrogen (secondary N) is 2. The summed E-state index contributed by atoms with van der Waals surface area (Å²) in [5.41, 5.74) is 0.757. The number of carbonyl (C=O) groups excluding carboxylic acids is 1. The quantitative estimate of drug-likeness (QED) is 0.696. The third-order valence-electron chi connectivity index (χ3n) is 3.29. The van der Waals surface area contributed by atoms with Crippen molar-refractivity contribution in [3.63, 3.8) is 0 Å². The van der Waals surface area contributed by atoms with Gasteiger partial charge in [-0.25, -0.2) is 13.4 Å². The number of hydrogen-bond donors (Lipinski definition) is 3. The van der Waals surface area contributed by atoms with Crippen LogP contribution in [-0.2, 0) is 15.0 Å². The van der Waals surface area contributed by atoms with E-state index in [1.807, 2.05) is 6.08 Å². The van der Waals surface area contributed by atoms with Crippen molar-refractivity contribution in [3.8, 4) is 5.75 Å². The number of amides is 1. The van der Waals surface area contributed by atoms with Crippen molar-refractivity contribution in [2.45, 2.75) is 0 Å². The van der Waals surface area contributed by atoms with Crippen LogP contribution >= 0.6 is 0 Å². The molecule has 1 fully saturated rings. The summed E-state index contributed by atoms with van der Waals surface area (Å²) in [6.07, 6.45) is 1.85. The van der Waals surface area contributed by atoms with Crippen LogP contribution in [0.4, 0.5) is 10.1 Å². The molecule has 0 atom stereocenters. The molecule has 0 aromatic heterocycles. The van der Waals surface area contributed by atoms with E-state index in [1.54, 1.807) is 4.72 Å². The normalized spacial score (nSPS) is 20.5. The highest BCUT2D eigenvalue weighted by molar-refractivity contribution is 7.92. The topological polar surface area (TPSA) is 98.7 Å². The second kappa shape index (κ2) is 4.71. The Bertz CT molecular complexity index is 737. The number of nitrogens with zero attached hydrogens (tertiary/aromatic N) is 1. The molecule has 3 rings (SSSR count). The van der Waals surface area contributed by atoms with E-state index in [9.17, 15) is 22.7 Å². The van der Waals surface area contributed by atoms with Gasteiger partial charge in [-0.1, -0.05) is 6.08 Å². The van der Waals surface area contributed by atoms with Crippen LogP contribution in [0, 0.1) is 5.82 Å². The predicted molar refractivity (Wildman–Crippen MR) is 73.3 cm³/mol. The molecule has 1 aromatic rings. The molecule has 0 saturated carbocycles. The fourth-order valence-corrected chi connectivity index (χ4v) is 3.53. The number of rotatable bonds is 2. The van der Waals surface area contributed by atoms with Crippen molar-refractivity contribution in [2.75, 3.05) is 23.9 Å². The summed E-state index contributed by atoms with van der Waals surface area (Å²) in [7, 11) is -4.16. The SMILES string of the molecule is O=C1CN(c2c(O)cc(C3=CCNC3)cc2F)S(=O)(=O)N1. The molecule has 3 N–H and O–H groups in total. The first-order valence-corrected chi connectivity index (χ1v) is 7.58. The lowest BCUT2D eigenvalue weighted by atomic mass is 10.1. The van der Waals surface area contributed by atoms with Gasteiger partial charge in [0.25, 0.3) is 5.91 Å². The zero-order chi connectivity index (χ0) is 15.2. The molecule has 1 saturated heterocycles. The highest BCUT2D eigenvalue weighted by Crippen LogP contribution is 2.36. The molecular formula is C12H12FN3O4S. The van der Waals surface area contributed by atoms with Crippen molar-refractivity contribution < 1.29 is 22.7 Å². The van der Waals surface area contributed by atoms with Gasteiger partial charge in [-0.3, -0.25) is 4.79 Å². The van der Waals surface area contributed by atoms with Gasteiger partial charge in [-0.2, -0.15) is 8.42 Å². The maximum absolute atomic E-state index is 14.2. The van der Waals surface area contributed by atoms with Crippen LogP contribution in [0.15, 0.2) is 18.2 Å². The Labute approximate surface area is 120 Å². The van der Waals surface area contributed by atoms with Crippen LogP contribution in [0.1, 0.15) is 5.56 Å². The molecule has 21 heavy (non-hydrogen) atoms. The average molecular weight is 313 g/mol. The maximum Gasteiger partial charge on any atom is 0.326 e. The lowest BCUT2D eigenvalue weighted by Crippen LogP contribution is -2.30. The van der Waals surface area contributed by atoms with Crippen LogP contribution in [0.25, 0.3) is 5.57 Å². The Hall–Kier alpha value is -2.13. The number of benzene rings is 1. The summed E-state index contributed by atoms with van der Waals surface area (Å²) < 4.78 is 39.9. The van der Waals surface area contributed by atoms with Gasteiger partial charge in [-0.15, -0.1) is 0 Å².